The number of imidazole rings is 1. The minimum atomic E-state index is -0.218. The van der Waals surface area contributed by atoms with Crippen molar-refractivity contribution in [2.24, 2.45) is 0 Å². The molecule has 0 N–H and O–H groups in total. The highest BCUT2D eigenvalue weighted by atomic mass is 19.1. The minimum Gasteiger partial charge on any atom is -0.497 e. The second-order valence-corrected chi connectivity index (χ2v) is 9.83. The predicted molar refractivity (Wildman–Crippen MR) is 138 cm³/mol. The number of ether oxygens (including phenoxy) is 1. The Labute approximate surface area is 211 Å². The number of aromatic nitrogens is 3. The van der Waals surface area contributed by atoms with Crippen molar-refractivity contribution in [3.8, 4) is 17.0 Å². The third kappa shape index (κ3) is 5.22. The number of aryl methyl sites for hydroxylation is 1. The number of anilines is 1. The first-order valence-electron chi connectivity index (χ1n) is 12.9. The Balaban J connectivity index is 1.31. The zero-order chi connectivity index (χ0) is 25.1. The first kappa shape index (κ1) is 24.3. The molecule has 3 aromatic rings. The van der Waals surface area contributed by atoms with Crippen LogP contribution in [0.25, 0.3) is 11.3 Å². The van der Waals surface area contributed by atoms with Gasteiger partial charge in [0.2, 0.25) is 5.91 Å². The van der Waals surface area contributed by atoms with E-state index in [-0.39, 0.29) is 18.3 Å². The summed E-state index contributed by atoms with van der Waals surface area (Å²) in [6.07, 6.45) is 9.56. The monoisotopic (exact) mass is 491 g/mol. The molecule has 0 atom stereocenters. The van der Waals surface area contributed by atoms with Gasteiger partial charge < -0.3 is 19.1 Å². The second kappa shape index (κ2) is 10.7. The number of amides is 1. The van der Waals surface area contributed by atoms with E-state index < -0.39 is 0 Å². The summed E-state index contributed by atoms with van der Waals surface area (Å²) in [5, 5.41) is 0. The molecule has 1 aromatic carbocycles. The summed E-state index contributed by atoms with van der Waals surface area (Å²) >= 11 is 0. The lowest BCUT2D eigenvalue weighted by atomic mass is 9.88. The smallest absolute Gasteiger partial charge is 0.242 e. The van der Waals surface area contributed by atoms with Crippen molar-refractivity contribution in [2.75, 3.05) is 38.2 Å². The first-order valence-corrected chi connectivity index (χ1v) is 12.9. The van der Waals surface area contributed by atoms with Crippen LogP contribution in [0.1, 0.15) is 49.4 Å². The number of pyridine rings is 1. The zero-order valence-electron chi connectivity index (χ0n) is 21.1. The minimum absolute atomic E-state index is 0.101. The van der Waals surface area contributed by atoms with E-state index in [9.17, 15) is 9.18 Å². The maximum atomic E-state index is 13.9. The van der Waals surface area contributed by atoms with Gasteiger partial charge in [-0.2, -0.15) is 0 Å². The van der Waals surface area contributed by atoms with Gasteiger partial charge in [0.1, 0.15) is 29.8 Å². The fraction of sp³-hybridized carbons (Fsp3) is 0.464. The van der Waals surface area contributed by atoms with Crippen LogP contribution in [0.15, 0.2) is 42.7 Å². The van der Waals surface area contributed by atoms with Crippen LogP contribution in [0.4, 0.5) is 10.2 Å². The lowest BCUT2D eigenvalue weighted by molar-refractivity contribution is -0.132. The Hall–Kier alpha value is -3.42. The van der Waals surface area contributed by atoms with Gasteiger partial charge in [-0.05, 0) is 49.6 Å². The van der Waals surface area contributed by atoms with Gasteiger partial charge in [-0.1, -0.05) is 19.3 Å². The molecule has 2 fully saturated rings. The number of halogens is 1. The number of carbonyl (C=O) groups is 1. The van der Waals surface area contributed by atoms with E-state index in [1.54, 1.807) is 26.3 Å². The standard InChI is InChI=1S/C28H34FN5O2/c1-20-16-22(8-9-24(20)29)25-18-34(28(31-25)21-6-4-3-5-7-21)19-27(35)33-14-12-32(13-15-33)26-17-23(36-2)10-11-30-26/h8-11,16-18,21H,3-7,12-15,19H2,1-2H3. The van der Waals surface area contributed by atoms with Crippen molar-refractivity contribution in [2.45, 2.75) is 51.5 Å². The lowest BCUT2D eigenvalue weighted by Gasteiger charge is -2.35. The third-order valence-electron chi connectivity index (χ3n) is 7.45. The Morgan fingerprint density at radius 1 is 1.08 bits per heavy atom. The fourth-order valence-electron chi connectivity index (χ4n) is 5.32. The van der Waals surface area contributed by atoms with Crippen molar-refractivity contribution in [1.29, 1.82) is 0 Å². The van der Waals surface area contributed by atoms with Gasteiger partial charge in [-0.25, -0.2) is 14.4 Å². The molecule has 1 aliphatic carbocycles. The zero-order valence-corrected chi connectivity index (χ0v) is 21.1. The highest BCUT2D eigenvalue weighted by molar-refractivity contribution is 5.76. The van der Waals surface area contributed by atoms with Crippen molar-refractivity contribution < 1.29 is 13.9 Å². The SMILES string of the molecule is COc1ccnc(N2CCN(C(=O)Cn3cc(-c4ccc(F)c(C)c4)nc3C3CCCCC3)CC2)c1. The molecule has 1 saturated heterocycles. The molecule has 1 amide bonds. The summed E-state index contributed by atoms with van der Waals surface area (Å²) in [7, 11) is 1.65. The van der Waals surface area contributed by atoms with Crippen LogP contribution in [-0.4, -0.2) is 58.6 Å². The quantitative estimate of drug-likeness (QED) is 0.496. The topological polar surface area (TPSA) is 63.5 Å². The van der Waals surface area contributed by atoms with Crippen molar-refractivity contribution >= 4 is 11.7 Å². The summed E-state index contributed by atoms with van der Waals surface area (Å²) in [4.78, 5) is 26.9. The number of hydrogen-bond donors (Lipinski definition) is 0. The van der Waals surface area contributed by atoms with E-state index in [1.165, 1.54) is 25.3 Å². The van der Waals surface area contributed by atoms with E-state index in [2.05, 4.69) is 9.88 Å². The molecule has 2 aromatic heterocycles. The summed E-state index contributed by atoms with van der Waals surface area (Å²) in [6, 6.07) is 8.86. The van der Waals surface area contributed by atoms with E-state index in [4.69, 9.17) is 9.72 Å². The molecule has 0 radical (unpaired) electrons. The summed E-state index contributed by atoms with van der Waals surface area (Å²) in [5.74, 6) is 2.88. The van der Waals surface area contributed by atoms with Gasteiger partial charge in [0.05, 0.1) is 12.8 Å². The van der Waals surface area contributed by atoms with Crippen molar-refractivity contribution in [3.63, 3.8) is 0 Å². The summed E-state index contributed by atoms with van der Waals surface area (Å²) < 4.78 is 21.2. The Bertz CT molecular complexity index is 1210. The van der Waals surface area contributed by atoms with E-state index >= 15 is 0 Å². The molecule has 0 bridgehead atoms. The van der Waals surface area contributed by atoms with Crippen LogP contribution in [0, 0.1) is 12.7 Å². The molecular formula is C28H34FN5O2. The second-order valence-electron chi connectivity index (χ2n) is 9.83. The molecule has 36 heavy (non-hydrogen) atoms. The maximum absolute atomic E-state index is 13.9. The van der Waals surface area contributed by atoms with Gasteiger partial charge in [0.25, 0.3) is 0 Å². The Morgan fingerprint density at radius 3 is 2.58 bits per heavy atom. The van der Waals surface area contributed by atoms with Gasteiger partial charge in [0, 0.05) is 56.1 Å². The predicted octanol–water partition coefficient (Wildman–Crippen LogP) is 4.80. The summed E-state index contributed by atoms with van der Waals surface area (Å²) in [6.45, 7) is 4.79. The molecule has 5 rings (SSSR count). The summed E-state index contributed by atoms with van der Waals surface area (Å²) in [5.41, 5.74) is 2.29. The molecule has 2 aliphatic rings. The fourth-order valence-corrected chi connectivity index (χ4v) is 5.32. The van der Waals surface area contributed by atoms with Crippen molar-refractivity contribution in [1.82, 2.24) is 19.4 Å². The molecule has 8 heteroatoms. The Kier molecular flexibility index (Phi) is 7.20. The van der Waals surface area contributed by atoms with Gasteiger partial charge in [-0.15, -0.1) is 0 Å². The van der Waals surface area contributed by atoms with Crippen LogP contribution in [0.2, 0.25) is 0 Å². The normalized spacial score (nSPS) is 16.9. The van der Waals surface area contributed by atoms with Crippen LogP contribution in [0.5, 0.6) is 5.75 Å². The average Bonchev–Trinajstić information content (AvgIpc) is 3.34. The Morgan fingerprint density at radius 2 is 1.86 bits per heavy atom. The highest BCUT2D eigenvalue weighted by Crippen LogP contribution is 2.34. The maximum Gasteiger partial charge on any atom is 0.242 e. The number of methoxy groups -OCH3 is 1. The van der Waals surface area contributed by atoms with Gasteiger partial charge in [-0.3, -0.25) is 4.79 Å². The number of hydrogen-bond acceptors (Lipinski definition) is 5. The molecule has 1 saturated carbocycles. The van der Waals surface area contributed by atoms with Gasteiger partial charge >= 0.3 is 0 Å². The number of rotatable bonds is 6. The van der Waals surface area contributed by atoms with E-state index in [1.807, 2.05) is 33.9 Å². The van der Waals surface area contributed by atoms with Crippen LogP contribution >= 0.6 is 0 Å². The molecule has 190 valence electrons. The highest BCUT2D eigenvalue weighted by Gasteiger charge is 2.26. The lowest BCUT2D eigenvalue weighted by Crippen LogP contribution is -2.49. The van der Waals surface area contributed by atoms with Gasteiger partial charge in [0.15, 0.2) is 0 Å². The number of piperazine rings is 1. The molecule has 3 heterocycles. The number of carbonyl (C=O) groups excluding carboxylic acids is 1. The molecular weight excluding hydrogens is 457 g/mol. The van der Waals surface area contributed by atoms with Crippen LogP contribution in [-0.2, 0) is 11.3 Å². The number of nitrogens with zero attached hydrogens (tertiary/aromatic N) is 5. The molecule has 0 unspecified atom stereocenters. The average molecular weight is 492 g/mol. The van der Waals surface area contributed by atoms with Crippen LogP contribution < -0.4 is 9.64 Å². The molecule has 7 nitrogen and oxygen atoms in total. The number of benzene rings is 1. The van der Waals surface area contributed by atoms with E-state index in [0.717, 1.165) is 54.6 Å². The van der Waals surface area contributed by atoms with Crippen molar-refractivity contribution in [3.05, 3.63) is 59.9 Å². The van der Waals surface area contributed by atoms with Crippen LogP contribution in [0.3, 0.4) is 0 Å². The first-order chi connectivity index (χ1) is 17.5. The molecule has 0 spiro atoms. The molecule has 1 aliphatic heterocycles. The third-order valence-corrected chi connectivity index (χ3v) is 7.45. The largest absolute Gasteiger partial charge is 0.497 e. The van der Waals surface area contributed by atoms with E-state index in [0.29, 0.717) is 24.6 Å².